The summed E-state index contributed by atoms with van der Waals surface area (Å²) in [6.07, 6.45) is -1.32. The van der Waals surface area contributed by atoms with Gasteiger partial charge in [0.2, 0.25) is 0 Å². The lowest BCUT2D eigenvalue weighted by Gasteiger charge is -2.22. The number of aliphatic imine (C=N–C) groups is 1. The van der Waals surface area contributed by atoms with Crippen LogP contribution in [0.5, 0.6) is 0 Å². The molecule has 11 heteroatoms. The second kappa shape index (κ2) is 9.82. The summed E-state index contributed by atoms with van der Waals surface area (Å²) in [5.41, 5.74) is 12.6. The van der Waals surface area contributed by atoms with Crippen LogP contribution in [-0.4, -0.2) is 47.0 Å². The highest BCUT2D eigenvalue weighted by Crippen LogP contribution is 2.12. The molecule has 0 amide bonds. The minimum atomic E-state index is -1.71. The zero-order valence-corrected chi connectivity index (χ0v) is 13.1. The second-order valence-electron chi connectivity index (χ2n) is 5.00. The molecule has 0 heterocycles. The van der Waals surface area contributed by atoms with E-state index in [0.29, 0.717) is 5.56 Å². The number of nitrogens with two attached hydrogens (primary N) is 2. The standard InChI is InChI=1S/C14H19N5O6/c15-14(16)17-6-11(21)10(7-20)12(18-19(23)24)13(22)25-8-9-4-2-1-3-5-9/h1-5,7,10-12,18,21H,6,8H2,(H4,15,16,17)/t10?,11?,12-/m0/s1. The maximum Gasteiger partial charge on any atom is 0.335 e. The summed E-state index contributed by atoms with van der Waals surface area (Å²) in [6, 6.07) is 6.89. The summed E-state index contributed by atoms with van der Waals surface area (Å²) in [5, 5.41) is 19.7. The Morgan fingerprint density at radius 1 is 1.40 bits per heavy atom. The van der Waals surface area contributed by atoms with Gasteiger partial charge in [0.25, 0.3) is 0 Å². The lowest BCUT2D eigenvalue weighted by Crippen LogP contribution is -2.51. The van der Waals surface area contributed by atoms with Gasteiger partial charge in [-0.25, -0.2) is 14.9 Å². The number of carbonyl (C=O) groups excluding carboxylic acids is 2. The van der Waals surface area contributed by atoms with E-state index in [-0.39, 0.29) is 18.9 Å². The van der Waals surface area contributed by atoms with Crippen molar-refractivity contribution in [2.45, 2.75) is 18.8 Å². The van der Waals surface area contributed by atoms with Crippen LogP contribution in [0, 0.1) is 16.0 Å². The molecule has 1 aromatic carbocycles. The molecule has 25 heavy (non-hydrogen) atoms. The number of ether oxygens (including phenoxy) is 1. The quantitative estimate of drug-likeness (QED) is 0.0953. The van der Waals surface area contributed by atoms with Gasteiger partial charge in [-0.15, -0.1) is 5.43 Å². The molecular weight excluding hydrogens is 334 g/mol. The molecule has 136 valence electrons. The zero-order valence-electron chi connectivity index (χ0n) is 13.1. The molecular formula is C14H19N5O6. The molecule has 1 rings (SSSR count). The monoisotopic (exact) mass is 353 g/mol. The van der Waals surface area contributed by atoms with E-state index in [2.05, 4.69) is 4.99 Å². The van der Waals surface area contributed by atoms with Gasteiger partial charge in [-0.05, 0) is 5.56 Å². The molecule has 2 unspecified atom stereocenters. The summed E-state index contributed by atoms with van der Waals surface area (Å²) in [7, 11) is 0. The van der Waals surface area contributed by atoms with Gasteiger partial charge < -0.3 is 26.1 Å². The third-order valence-corrected chi connectivity index (χ3v) is 3.17. The fourth-order valence-corrected chi connectivity index (χ4v) is 1.94. The van der Waals surface area contributed by atoms with E-state index in [9.17, 15) is 24.8 Å². The fraction of sp³-hybridized carbons (Fsp3) is 0.357. The first kappa shape index (κ1) is 19.8. The molecule has 0 fully saturated rings. The van der Waals surface area contributed by atoms with Gasteiger partial charge in [0.15, 0.2) is 17.0 Å². The van der Waals surface area contributed by atoms with Gasteiger partial charge in [0, 0.05) is 0 Å². The number of guanidine groups is 1. The molecule has 0 aromatic heterocycles. The maximum absolute atomic E-state index is 12.2. The normalized spacial score (nSPS) is 13.8. The Hall–Kier alpha value is -3.21. The van der Waals surface area contributed by atoms with E-state index in [0.717, 1.165) is 0 Å². The predicted octanol–water partition coefficient (Wildman–Crippen LogP) is -1.67. The second-order valence-corrected chi connectivity index (χ2v) is 5.00. The number of rotatable bonds is 10. The number of nitrogens with zero attached hydrogens (tertiary/aromatic N) is 2. The summed E-state index contributed by atoms with van der Waals surface area (Å²) >= 11 is 0. The molecule has 0 saturated carbocycles. The number of nitro groups is 1. The number of hydrogen-bond acceptors (Lipinski definition) is 7. The van der Waals surface area contributed by atoms with Gasteiger partial charge in [-0.3, -0.25) is 4.99 Å². The van der Waals surface area contributed by atoms with Crippen LogP contribution < -0.4 is 16.9 Å². The highest BCUT2D eigenvalue weighted by atomic mass is 16.7. The highest BCUT2D eigenvalue weighted by molar-refractivity contribution is 5.80. The first-order valence-electron chi connectivity index (χ1n) is 7.15. The van der Waals surface area contributed by atoms with Crippen LogP contribution in [-0.2, 0) is 20.9 Å². The molecule has 0 saturated heterocycles. The van der Waals surface area contributed by atoms with E-state index < -0.39 is 35.6 Å². The Morgan fingerprint density at radius 3 is 2.56 bits per heavy atom. The third kappa shape index (κ3) is 6.83. The molecule has 1 aromatic rings. The van der Waals surface area contributed by atoms with E-state index >= 15 is 0 Å². The number of carbonyl (C=O) groups is 2. The summed E-state index contributed by atoms with van der Waals surface area (Å²) in [4.78, 5) is 37.6. The molecule has 0 aliphatic rings. The van der Waals surface area contributed by atoms with Gasteiger partial charge in [-0.2, -0.15) is 0 Å². The van der Waals surface area contributed by atoms with E-state index in [4.69, 9.17) is 16.2 Å². The number of hydrogen-bond donors (Lipinski definition) is 4. The van der Waals surface area contributed by atoms with Crippen LogP contribution >= 0.6 is 0 Å². The van der Waals surface area contributed by atoms with Crippen molar-refractivity contribution in [2.24, 2.45) is 22.4 Å². The van der Waals surface area contributed by atoms with Crippen LogP contribution in [0.15, 0.2) is 35.3 Å². The number of benzene rings is 1. The van der Waals surface area contributed by atoms with Crippen LogP contribution in [0.1, 0.15) is 5.56 Å². The van der Waals surface area contributed by atoms with E-state index in [1.165, 1.54) is 0 Å². The molecule has 6 N–H and O–H groups in total. The number of aliphatic hydroxyl groups is 1. The van der Waals surface area contributed by atoms with Gasteiger partial charge >= 0.3 is 5.97 Å². The maximum atomic E-state index is 12.2. The zero-order chi connectivity index (χ0) is 18.8. The lowest BCUT2D eigenvalue weighted by atomic mass is 9.95. The number of hydrazine groups is 1. The van der Waals surface area contributed by atoms with Crippen molar-refractivity contribution >= 4 is 18.2 Å². The first-order chi connectivity index (χ1) is 11.8. The van der Waals surface area contributed by atoms with Crippen molar-refractivity contribution < 1.29 is 24.5 Å². The Bertz CT molecular complexity index is 619. The number of aliphatic hydroxyl groups excluding tert-OH is 1. The topological polar surface area (TPSA) is 183 Å². The largest absolute Gasteiger partial charge is 0.459 e. The van der Waals surface area contributed by atoms with Crippen LogP contribution in [0.3, 0.4) is 0 Å². The molecule has 0 radical (unpaired) electrons. The molecule has 3 atom stereocenters. The van der Waals surface area contributed by atoms with Crippen molar-refractivity contribution in [2.75, 3.05) is 6.54 Å². The number of aldehydes is 1. The molecule has 0 bridgehead atoms. The van der Waals surface area contributed by atoms with E-state index in [1.54, 1.807) is 35.8 Å². The first-order valence-corrected chi connectivity index (χ1v) is 7.15. The minimum absolute atomic E-state index is 0.148. The summed E-state index contributed by atoms with van der Waals surface area (Å²) in [5.74, 6) is -2.90. The predicted molar refractivity (Wildman–Crippen MR) is 86.4 cm³/mol. The fourth-order valence-electron chi connectivity index (χ4n) is 1.94. The molecule has 0 aliphatic heterocycles. The Labute approximate surface area is 142 Å². The van der Waals surface area contributed by atoms with Crippen molar-refractivity contribution in [1.29, 1.82) is 0 Å². The lowest BCUT2D eigenvalue weighted by molar-refractivity contribution is -0.550. The van der Waals surface area contributed by atoms with Crippen LogP contribution in [0.4, 0.5) is 0 Å². The Morgan fingerprint density at radius 2 is 2.04 bits per heavy atom. The molecule has 0 aliphatic carbocycles. The number of esters is 1. The van der Waals surface area contributed by atoms with Crippen LogP contribution in [0.25, 0.3) is 0 Å². The van der Waals surface area contributed by atoms with Crippen LogP contribution in [0.2, 0.25) is 0 Å². The Balaban J connectivity index is 2.85. The van der Waals surface area contributed by atoms with Crippen molar-refractivity contribution in [3.8, 4) is 0 Å². The van der Waals surface area contributed by atoms with Gasteiger partial charge in [-0.1, -0.05) is 30.3 Å². The smallest absolute Gasteiger partial charge is 0.335 e. The van der Waals surface area contributed by atoms with Crippen molar-refractivity contribution in [3.63, 3.8) is 0 Å². The summed E-state index contributed by atoms with van der Waals surface area (Å²) < 4.78 is 4.99. The van der Waals surface area contributed by atoms with Gasteiger partial charge in [0.1, 0.15) is 12.9 Å². The average molecular weight is 353 g/mol. The summed E-state index contributed by atoms with van der Waals surface area (Å²) in [6.45, 7) is -0.557. The van der Waals surface area contributed by atoms with E-state index in [1.807, 2.05) is 0 Å². The SMILES string of the molecule is NC(N)=NCC(O)C(C=O)[C@H](N[N+](=O)[O-])C(=O)OCc1ccccc1. The highest BCUT2D eigenvalue weighted by Gasteiger charge is 2.38. The Kier molecular flexibility index (Phi) is 7.79. The molecule has 0 spiro atoms. The average Bonchev–Trinajstić information content (AvgIpc) is 2.58. The van der Waals surface area contributed by atoms with Crippen molar-refractivity contribution in [3.05, 3.63) is 46.0 Å². The van der Waals surface area contributed by atoms with Gasteiger partial charge in [0.05, 0.1) is 18.6 Å². The molecule has 11 nitrogen and oxygen atoms in total. The number of nitrogens with one attached hydrogen (secondary N) is 1. The minimum Gasteiger partial charge on any atom is -0.459 e. The third-order valence-electron chi connectivity index (χ3n) is 3.17. The van der Waals surface area contributed by atoms with Crippen molar-refractivity contribution in [1.82, 2.24) is 5.43 Å².